The van der Waals surface area contributed by atoms with Gasteiger partial charge < -0.3 is 9.88 Å². The van der Waals surface area contributed by atoms with Crippen molar-refractivity contribution in [1.29, 1.82) is 0 Å². The average Bonchev–Trinajstić information content (AvgIpc) is 3.12. The Labute approximate surface area is 192 Å². The molecule has 0 aliphatic heterocycles. The molecule has 0 saturated heterocycles. The Morgan fingerprint density at radius 2 is 1.81 bits per heavy atom. The van der Waals surface area contributed by atoms with E-state index >= 15 is 0 Å². The summed E-state index contributed by atoms with van der Waals surface area (Å²) in [7, 11) is -3.42. The number of benzene rings is 2. The highest BCUT2D eigenvalue weighted by Gasteiger charge is 2.13. The Kier molecular flexibility index (Phi) is 8.20. The van der Waals surface area contributed by atoms with E-state index in [-0.39, 0.29) is 24.0 Å². The van der Waals surface area contributed by atoms with Gasteiger partial charge in [-0.1, -0.05) is 60.3 Å². The maximum atomic E-state index is 12.4. The molecule has 32 heavy (non-hydrogen) atoms. The number of rotatable bonds is 11. The first-order valence-electron chi connectivity index (χ1n) is 9.90. The molecule has 0 atom stereocenters. The van der Waals surface area contributed by atoms with Crippen LogP contribution in [0.4, 0.5) is 5.69 Å². The van der Waals surface area contributed by atoms with E-state index in [0.29, 0.717) is 23.0 Å². The van der Waals surface area contributed by atoms with Gasteiger partial charge in [0.2, 0.25) is 15.9 Å². The van der Waals surface area contributed by atoms with Crippen molar-refractivity contribution in [3.05, 3.63) is 84.2 Å². The lowest BCUT2D eigenvalue weighted by atomic mass is 10.2. The third-order valence-electron chi connectivity index (χ3n) is 4.46. The summed E-state index contributed by atoms with van der Waals surface area (Å²) in [6.45, 7) is 6.20. The molecular weight excluding hydrogens is 446 g/mol. The SMILES string of the molecule is C=CCNS(=O)(=O)Cc1ccc(NC(=O)CSc2nnc(C)n2Cc2ccccc2)cc1. The summed E-state index contributed by atoms with van der Waals surface area (Å²) in [5.41, 5.74) is 2.35. The summed E-state index contributed by atoms with van der Waals surface area (Å²) in [6.07, 6.45) is 1.49. The highest BCUT2D eigenvalue weighted by molar-refractivity contribution is 7.99. The van der Waals surface area contributed by atoms with Gasteiger partial charge in [0.05, 0.1) is 18.1 Å². The number of carbonyl (C=O) groups excluding carboxylic acids is 1. The van der Waals surface area contributed by atoms with E-state index in [9.17, 15) is 13.2 Å². The summed E-state index contributed by atoms with van der Waals surface area (Å²) in [6, 6.07) is 16.7. The van der Waals surface area contributed by atoms with Crippen molar-refractivity contribution in [2.75, 3.05) is 17.6 Å². The van der Waals surface area contributed by atoms with Crippen molar-refractivity contribution < 1.29 is 13.2 Å². The van der Waals surface area contributed by atoms with Crippen LogP contribution in [0.25, 0.3) is 0 Å². The molecule has 1 heterocycles. The standard InChI is InChI=1S/C22H25N5O3S2/c1-3-13-23-32(29,30)16-19-9-11-20(12-10-19)24-21(28)15-31-22-26-25-17(2)27(22)14-18-7-5-4-6-8-18/h3-12,23H,1,13-16H2,2H3,(H,24,28). The summed E-state index contributed by atoms with van der Waals surface area (Å²) in [4.78, 5) is 12.4. The van der Waals surface area contributed by atoms with E-state index in [0.717, 1.165) is 11.4 Å². The molecule has 0 radical (unpaired) electrons. The summed E-state index contributed by atoms with van der Waals surface area (Å²) in [5.74, 6) is 0.635. The molecule has 3 aromatic rings. The van der Waals surface area contributed by atoms with Crippen LogP contribution < -0.4 is 10.0 Å². The van der Waals surface area contributed by atoms with Crippen LogP contribution >= 0.6 is 11.8 Å². The second-order valence-corrected chi connectivity index (χ2v) is 9.78. The molecular formula is C22H25N5O3S2. The van der Waals surface area contributed by atoms with Crippen molar-refractivity contribution in [3.8, 4) is 0 Å². The molecule has 10 heteroatoms. The molecule has 1 amide bonds. The Morgan fingerprint density at radius 1 is 1.09 bits per heavy atom. The minimum absolute atomic E-state index is 0.138. The molecule has 0 aliphatic rings. The highest BCUT2D eigenvalue weighted by atomic mass is 32.2. The van der Waals surface area contributed by atoms with E-state index < -0.39 is 10.0 Å². The summed E-state index contributed by atoms with van der Waals surface area (Å²) >= 11 is 1.31. The van der Waals surface area contributed by atoms with Crippen molar-refractivity contribution in [2.24, 2.45) is 0 Å². The zero-order chi connectivity index (χ0) is 23.0. The van der Waals surface area contributed by atoms with Crippen LogP contribution in [0.1, 0.15) is 17.0 Å². The van der Waals surface area contributed by atoms with Gasteiger partial charge in [-0.25, -0.2) is 13.1 Å². The molecule has 2 N–H and O–H groups in total. The molecule has 1 aromatic heterocycles. The largest absolute Gasteiger partial charge is 0.325 e. The van der Waals surface area contributed by atoms with Crippen LogP contribution in [0.2, 0.25) is 0 Å². The lowest BCUT2D eigenvalue weighted by Crippen LogP contribution is -2.25. The van der Waals surface area contributed by atoms with Crippen LogP contribution in [-0.4, -0.2) is 41.4 Å². The second kappa shape index (κ2) is 11.1. The van der Waals surface area contributed by atoms with E-state index in [2.05, 4.69) is 26.8 Å². The Morgan fingerprint density at radius 3 is 2.50 bits per heavy atom. The smallest absolute Gasteiger partial charge is 0.234 e. The van der Waals surface area contributed by atoms with Gasteiger partial charge in [-0.3, -0.25) is 4.79 Å². The van der Waals surface area contributed by atoms with Crippen molar-refractivity contribution in [1.82, 2.24) is 19.5 Å². The number of carbonyl (C=O) groups is 1. The van der Waals surface area contributed by atoms with Gasteiger partial charge in [0.25, 0.3) is 0 Å². The Bertz CT molecular complexity index is 1160. The fourth-order valence-corrected chi connectivity index (χ4v) is 4.77. The lowest BCUT2D eigenvalue weighted by molar-refractivity contribution is -0.113. The number of nitrogens with one attached hydrogen (secondary N) is 2. The van der Waals surface area contributed by atoms with Gasteiger partial charge in [0, 0.05) is 12.2 Å². The molecule has 3 rings (SSSR count). The molecule has 0 aliphatic carbocycles. The molecule has 0 bridgehead atoms. The highest BCUT2D eigenvalue weighted by Crippen LogP contribution is 2.19. The minimum atomic E-state index is -3.42. The van der Waals surface area contributed by atoms with Gasteiger partial charge in [-0.15, -0.1) is 16.8 Å². The van der Waals surface area contributed by atoms with E-state index in [1.165, 1.54) is 17.8 Å². The summed E-state index contributed by atoms with van der Waals surface area (Å²) < 4.78 is 28.3. The minimum Gasteiger partial charge on any atom is -0.325 e. The quantitative estimate of drug-likeness (QED) is 0.329. The van der Waals surface area contributed by atoms with Crippen LogP contribution in [0, 0.1) is 6.92 Å². The number of aromatic nitrogens is 3. The van der Waals surface area contributed by atoms with E-state index in [1.807, 2.05) is 41.8 Å². The van der Waals surface area contributed by atoms with E-state index in [4.69, 9.17) is 0 Å². The molecule has 0 spiro atoms. The number of thioether (sulfide) groups is 1. The average molecular weight is 472 g/mol. The first kappa shape index (κ1) is 23.7. The fraction of sp³-hybridized carbons (Fsp3) is 0.227. The van der Waals surface area contributed by atoms with Crippen LogP contribution in [-0.2, 0) is 27.1 Å². The number of aryl methyl sites for hydroxylation is 1. The first-order valence-corrected chi connectivity index (χ1v) is 12.5. The lowest BCUT2D eigenvalue weighted by Gasteiger charge is -2.09. The number of hydrogen-bond acceptors (Lipinski definition) is 6. The number of anilines is 1. The van der Waals surface area contributed by atoms with Gasteiger partial charge in [-0.05, 0) is 30.2 Å². The molecule has 8 nitrogen and oxygen atoms in total. The molecule has 0 unspecified atom stereocenters. The van der Waals surface area contributed by atoms with E-state index in [1.54, 1.807) is 24.3 Å². The topological polar surface area (TPSA) is 106 Å². The van der Waals surface area contributed by atoms with Gasteiger partial charge in [0.1, 0.15) is 5.82 Å². The number of hydrogen-bond donors (Lipinski definition) is 2. The van der Waals surface area contributed by atoms with Gasteiger partial charge in [0.15, 0.2) is 5.16 Å². The molecule has 2 aromatic carbocycles. The zero-order valence-electron chi connectivity index (χ0n) is 17.7. The number of amides is 1. The van der Waals surface area contributed by atoms with Crippen LogP contribution in [0.3, 0.4) is 0 Å². The third kappa shape index (κ3) is 7.04. The third-order valence-corrected chi connectivity index (χ3v) is 6.75. The first-order chi connectivity index (χ1) is 15.4. The molecule has 168 valence electrons. The van der Waals surface area contributed by atoms with Crippen molar-refractivity contribution in [3.63, 3.8) is 0 Å². The number of sulfonamides is 1. The normalized spacial score (nSPS) is 11.3. The van der Waals surface area contributed by atoms with Crippen molar-refractivity contribution >= 4 is 33.4 Å². The maximum absolute atomic E-state index is 12.4. The predicted molar refractivity (Wildman–Crippen MR) is 127 cm³/mol. The monoisotopic (exact) mass is 471 g/mol. The van der Waals surface area contributed by atoms with Gasteiger partial charge in [-0.2, -0.15) is 0 Å². The maximum Gasteiger partial charge on any atom is 0.234 e. The second-order valence-electron chi connectivity index (χ2n) is 7.03. The predicted octanol–water partition coefficient (Wildman–Crippen LogP) is 2.97. The Hall–Kier alpha value is -2.95. The Balaban J connectivity index is 1.54. The zero-order valence-corrected chi connectivity index (χ0v) is 19.3. The van der Waals surface area contributed by atoms with Crippen LogP contribution in [0.5, 0.6) is 0 Å². The van der Waals surface area contributed by atoms with Crippen LogP contribution in [0.15, 0.2) is 72.4 Å². The van der Waals surface area contributed by atoms with Crippen molar-refractivity contribution in [2.45, 2.75) is 24.4 Å². The summed E-state index contributed by atoms with van der Waals surface area (Å²) in [5, 5.41) is 11.8. The number of nitrogens with zero attached hydrogens (tertiary/aromatic N) is 3. The molecule has 0 saturated carbocycles. The fourth-order valence-electron chi connectivity index (χ4n) is 2.88. The van der Waals surface area contributed by atoms with Gasteiger partial charge >= 0.3 is 0 Å². The molecule has 0 fully saturated rings.